The van der Waals surface area contributed by atoms with Crippen molar-refractivity contribution in [3.8, 4) is 0 Å². The SMILES string of the molecule is CC(C)c1ccc(NC(=O)c2cccc(Nc3nccs3)c2)cc1. The molecular weight excluding hydrogens is 318 g/mol. The zero-order chi connectivity index (χ0) is 16.9. The zero-order valence-corrected chi connectivity index (χ0v) is 14.4. The van der Waals surface area contributed by atoms with Crippen LogP contribution in [0.3, 0.4) is 0 Å². The van der Waals surface area contributed by atoms with Gasteiger partial charge in [0.25, 0.3) is 5.91 Å². The lowest BCUT2D eigenvalue weighted by Gasteiger charge is -2.09. The van der Waals surface area contributed by atoms with Crippen molar-refractivity contribution in [3.05, 3.63) is 71.2 Å². The van der Waals surface area contributed by atoms with Crippen LogP contribution in [0.2, 0.25) is 0 Å². The topological polar surface area (TPSA) is 54.0 Å². The number of nitrogens with one attached hydrogen (secondary N) is 2. The minimum atomic E-state index is -0.130. The molecule has 0 radical (unpaired) electrons. The lowest BCUT2D eigenvalue weighted by molar-refractivity contribution is 0.102. The number of carbonyl (C=O) groups is 1. The van der Waals surface area contributed by atoms with Gasteiger partial charge in [0, 0.05) is 28.5 Å². The second kappa shape index (κ2) is 7.27. The van der Waals surface area contributed by atoms with Gasteiger partial charge in [0.05, 0.1) is 0 Å². The summed E-state index contributed by atoms with van der Waals surface area (Å²) >= 11 is 1.52. The average Bonchev–Trinajstić information content (AvgIpc) is 3.08. The van der Waals surface area contributed by atoms with Crippen LogP contribution in [0.15, 0.2) is 60.1 Å². The molecule has 0 fully saturated rings. The molecule has 1 aromatic heterocycles. The highest BCUT2D eigenvalue weighted by atomic mass is 32.1. The summed E-state index contributed by atoms with van der Waals surface area (Å²) in [5.74, 6) is 0.346. The van der Waals surface area contributed by atoms with Crippen LogP contribution in [0.5, 0.6) is 0 Å². The van der Waals surface area contributed by atoms with E-state index in [0.717, 1.165) is 16.5 Å². The number of nitrogens with zero attached hydrogens (tertiary/aromatic N) is 1. The second-order valence-corrected chi connectivity index (χ2v) is 6.67. The molecular formula is C19H19N3OS. The van der Waals surface area contributed by atoms with Gasteiger partial charge < -0.3 is 10.6 Å². The molecule has 0 aliphatic carbocycles. The molecule has 0 saturated heterocycles. The molecule has 0 saturated carbocycles. The summed E-state index contributed by atoms with van der Waals surface area (Å²) in [6, 6.07) is 15.3. The zero-order valence-electron chi connectivity index (χ0n) is 13.6. The first-order chi connectivity index (χ1) is 11.6. The average molecular weight is 337 g/mol. The molecule has 2 aromatic carbocycles. The van der Waals surface area contributed by atoms with Gasteiger partial charge in [0.2, 0.25) is 0 Å². The first kappa shape index (κ1) is 16.2. The van der Waals surface area contributed by atoms with Gasteiger partial charge in [-0.15, -0.1) is 11.3 Å². The Morgan fingerprint density at radius 1 is 1.08 bits per heavy atom. The van der Waals surface area contributed by atoms with Crippen molar-refractivity contribution < 1.29 is 4.79 Å². The van der Waals surface area contributed by atoms with E-state index in [1.54, 1.807) is 12.3 Å². The number of hydrogen-bond acceptors (Lipinski definition) is 4. The number of aromatic nitrogens is 1. The Bertz CT molecular complexity index is 811. The van der Waals surface area contributed by atoms with E-state index in [0.29, 0.717) is 11.5 Å². The summed E-state index contributed by atoms with van der Waals surface area (Å²) in [4.78, 5) is 16.6. The van der Waals surface area contributed by atoms with Gasteiger partial charge in [0.15, 0.2) is 5.13 Å². The Labute approximate surface area is 145 Å². The fourth-order valence-electron chi connectivity index (χ4n) is 2.30. The number of hydrogen-bond donors (Lipinski definition) is 2. The molecule has 1 heterocycles. The quantitative estimate of drug-likeness (QED) is 0.667. The van der Waals surface area contributed by atoms with Crippen LogP contribution in [0.4, 0.5) is 16.5 Å². The largest absolute Gasteiger partial charge is 0.332 e. The molecule has 0 atom stereocenters. The Morgan fingerprint density at radius 3 is 2.54 bits per heavy atom. The van der Waals surface area contributed by atoms with E-state index in [4.69, 9.17) is 0 Å². The summed E-state index contributed by atoms with van der Waals surface area (Å²) in [7, 11) is 0. The first-order valence-electron chi connectivity index (χ1n) is 7.80. The van der Waals surface area contributed by atoms with Crippen molar-refractivity contribution in [2.45, 2.75) is 19.8 Å². The standard InChI is InChI=1S/C19H19N3OS/c1-13(2)14-6-8-16(9-7-14)21-18(23)15-4-3-5-17(12-15)22-19-20-10-11-24-19/h3-13H,1-2H3,(H,20,22)(H,21,23). The summed E-state index contributed by atoms with van der Waals surface area (Å²) in [6.45, 7) is 4.29. The molecule has 2 N–H and O–H groups in total. The fourth-order valence-corrected chi connectivity index (χ4v) is 2.85. The third kappa shape index (κ3) is 4.00. The highest BCUT2D eigenvalue weighted by Crippen LogP contribution is 2.21. The molecule has 0 aliphatic heterocycles. The van der Waals surface area contributed by atoms with E-state index < -0.39 is 0 Å². The molecule has 0 bridgehead atoms. The molecule has 1 amide bonds. The second-order valence-electron chi connectivity index (χ2n) is 5.77. The fraction of sp³-hybridized carbons (Fsp3) is 0.158. The van der Waals surface area contributed by atoms with Crippen molar-refractivity contribution in [2.75, 3.05) is 10.6 Å². The van der Waals surface area contributed by atoms with E-state index in [2.05, 4.69) is 29.5 Å². The highest BCUT2D eigenvalue weighted by Gasteiger charge is 2.08. The Balaban J connectivity index is 1.70. The number of thiazole rings is 1. The van der Waals surface area contributed by atoms with Crippen molar-refractivity contribution in [1.82, 2.24) is 4.98 Å². The van der Waals surface area contributed by atoms with E-state index in [1.807, 2.05) is 47.8 Å². The number of carbonyl (C=O) groups excluding carboxylic acids is 1. The molecule has 0 aliphatic rings. The highest BCUT2D eigenvalue weighted by molar-refractivity contribution is 7.13. The summed E-state index contributed by atoms with van der Waals surface area (Å²) < 4.78 is 0. The van der Waals surface area contributed by atoms with Gasteiger partial charge in [-0.3, -0.25) is 4.79 Å². The maximum atomic E-state index is 12.4. The van der Waals surface area contributed by atoms with Crippen LogP contribution < -0.4 is 10.6 Å². The summed E-state index contributed by atoms with van der Waals surface area (Å²) in [5.41, 5.74) is 3.49. The van der Waals surface area contributed by atoms with Crippen LogP contribution in [-0.2, 0) is 0 Å². The van der Waals surface area contributed by atoms with E-state index in [-0.39, 0.29) is 5.91 Å². The van der Waals surface area contributed by atoms with Crippen molar-refractivity contribution in [2.24, 2.45) is 0 Å². The number of rotatable bonds is 5. The van der Waals surface area contributed by atoms with Gasteiger partial charge in [-0.1, -0.05) is 32.0 Å². The predicted molar refractivity (Wildman–Crippen MR) is 100 cm³/mol. The van der Waals surface area contributed by atoms with Gasteiger partial charge >= 0.3 is 0 Å². The van der Waals surface area contributed by atoms with Crippen LogP contribution in [-0.4, -0.2) is 10.9 Å². The lowest BCUT2D eigenvalue weighted by atomic mass is 10.0. The Hall–Kier alpha value is -2.66. The maximum absolute atomic E-state index is 12.4. The number of benzene rings is 2. The summed E-state index contributed by atoms with van der Waals surface area (Å²) in [5, 5.41) is 8.83. The molecule has 3 rings (SSSR count). The third-order valence-electron chi connectivity index (χ3n) is 3.64. The molecule has 24 heavy (non-hydrogen) atoms. The van der Waals surface area contributed by atoms with Crippen LogP contribution >= 0.6 is 11.3 Å². The van der Waals surface area contributed by atoms with Crippen LogP contribution in [0, 0.1) is 0 Å². The smallest absolute Gasteiger partial charge is 0.255 e. The monoisotopic (exact) mass is 337 g/mol. The molecule has 0 unspecified atom stereocenters. The predicted octanol–water partition coefficient (Wildman–Crippen LogP) is 5.26. The Morgan fingerprint density at radius 2 is 1.88 bits per heavy atom. The first-order valence-corrected chi connectivity index (χ1v) is 8.67. The number of amides is 1. The minimum absolute atomic E-state index is 0.130. The molecule has 5 heteroatoms. The molecule has 4 nitrogen and oxygen atoms in total. The molecule has 3 aromatic rings. The van der Waals surface area contributed by atoms with Gasteiger partial charge in [-0.2, -0.15) is 0 Å². The lowest BCUT2D eigenvalue weighted by Crippen LogP contribution is -2.12. The van der Waals surface area contributed by atoms with Crippen molar-refractivity contribution in [3.63, 3.8) is 0 Å². The van der Waals surface area contributed by atoms with Gasteiger partial charge in [-0.25, -0.2) is 4.98 Å². The Kier molecular flexibility index (Phi) is 4.91. The maximum Gasteiger partial charge on any atom is 0.255 e. The van der Waals surface area contributed by atoms with Gasteiger partial charge in [-0.05, 0) is 41.8 Å². The third-order valence-corrected chi connectivity index (χ3v) is 4.33. The van der Waals surface area contributed by atoms with Gasteiger partial charge in [0.1, 0.15) is 0 Å². The number of anilines is 3. The van der Waals surface area contributed by atoms with E-state index in [1.165, 1.54) is 16.9 Å². The van der Waals surface area contributed by atoms with Crippen LogP contribution in [0.25, 0.3) is 0 Å². The summed E-state index contributed by atoms with van der Waals surface area (Å²) in [6.07, 6.45) is 1.74. The van der Waals surface area contributed by atoms with Crippen LogP contribution in [0.1, 0.15) is 35.7 Å². The van der Waals surface area contributed by atoms with Crippen molar-refractivity contribution in [1.29, 1.82) is 0 Å². The minimum Gasteiger partial charge on any atom is -0.332 e. The van der Waals surface area contributed by atoms with Crippen molar-refractivity contribution >= 4 is 33.8 Å². The molecule has 0 spiro atoms. The van der Waals surface area contributed by atoms with E-state index in [9.17, 15) is 4.79 Å². The van der Waals surface area contributed by atoms with E-state index >= 15 is 0 Å². The molecule has 122 valence electrons. The normalized spacial score (nSPS) is 10.6.